The predicted molar refractivity (Wildman–Crippen MR) is 112 cm³/mol. The SMILES string of the molecule is C[C@]12CC[C@@H]3c4[13cH][13cH][13c](O)[13cH]c4CC[C@H]3[C@@H]1CC[C@H]2O[C@@H]1O[C@H](C(=O)O)[C@@H](O)[C@H](O)[C@H]1O. The van der Waals surface area contributed by atoms with E-state index in [0.717, 1.165) is 38.5 Å². The van der Waals surface area contributed by atoms with Gasteiger partial charge in [-0.25, -0.2) is 4.79 Å². The molecule has 0 aromatic heterocycles. The van der Waals surface area contributed by atoms with Crippen molar-refractivity contribution >= 4 is 5.97 Å². The highest BCUT2D eigenvalue weighted by atomic mass is 16.7. The number of ether oxygens (including phenoxy) is 2. The summed E-state index contributed by atoms with van der Waals surface area (Å²) in [4.78, 5) is 11.4. The van der Waals surface area contributed by atoms with Gasteiger partial charge in [0.05, 0.1) is 6.10 Å². The van der Waals surface area contributed by atoms with Crippen molar-refractivity contribution in [2.45, 2.75) is 88.2 Å². The first kappa shape index (κ1) is 22.1. The van der Waals surface area contributed by atoms with Crippen LogP contribution >= 0.6 is 0 Å². The summed E-state index contributed by atoms with van der Waals surface area (Å²) < 4.78 is 11.5. The van der Waals surface area contributed by atoms with E-state index in [2.05, 4.69) is 13.0 Å². The van der Waals surface area contributed by atoms with E-state index >= 15 is 0 Å². The molecule has 0 radical (unpaired) electrons. The average Bonchev–Trinajstić information content (AvgIpc) is 3.09. The molecule has 0 amide bonds. The monoisotopic (exact) mass is 452 g/mol. The number of aliphatic carboxylic acids is 1. The van der Waals surface area contributed by atoms with Crippen LogP contribution in [0.1, 0.15) is 56.1 Å². The lowest BCUT2D eigenvalue weighted by atomic mass is 9.56. The third kappa shape index (κ3) is 3.35. The number of hydrogen-bond acceptors (Lipinski definition) is 7. The molecule has 1 aliphatic heterocycles. The molecule has 8 nitrogen and oxygen atoms in total. The second-order valence-electron chi connectivity index (χ2n) is 10.3. The molecule has 1 aromatic rings. The minimum Gasteiger partial charge on any atom is -0.508 e. The maximum Gasteiger partial charge on any atom is 0.335 e. The first-order valence-electron chi connectivity index (χ1n) is 11.6. The molecule has 0 spiro atoms. The van der Waals surface area contributed by atoms with E-state index in [1.54, 1.807) is 6.07 Å². The van der Waals surface area contributed by atoms with Crippen molar-refractivity contribution < 1.29 is 39.8 Å². The number of aliphatic hydroxyl groups is 3. The van der Waals surface area contributed by atoms with Gasteiger partial charge in [-0.1, -0.05) is 13.0 Å². The number of benzene rings is 1. The van der Waals surface area contributed by atoms with E-state index in [4.69, 9.17) is 9.47 Å². The molecule has 0 bridgehead atoms. The molecule has 1 aromatic carbocycles. The van der Waals surface area contributed by atoms with Crippen LogP contribution in [-0.4, -0.2) is 68.3 Å². The van der Waals surface area contributed by atoms with Crippen molar-refractivity contribution in [3.05, 3.63) is 29.3 Å². The first-order chi connectivity index (χ1) is 15.2. The lowest BCUT2D eigenvalue weighted by molar-refractivity contribution is -0.312. The van der Waals surface area contributed by atoms with Crippen molar-refractivity contribution in [3.63, 3.8) is 0 Å². The van der Waals surface area contributed by atoms with Gasteiger partial charge >= 0.3 is 5.97 Å². The van der Waals surface area contributed by atoms with E-state index in [-0.39, 0.29) is 11.5 Å². The van der Waals surface area contributed by atoms with Gasteiger partial charge in [-0.15, -0.1) is 0 Å². The van der Waals surface area contributed by atoms with Crippen LogP contribution < -0.4 is 0 Å². The maximum atomic E-state index is 11.4. The Bertz CT molecular complexity index is 889. The number of aliphatic hydroxyl groups excluding tert-OH is 3. The topological polar surface area (TPSA) is 137 Å². The van der Waals surface area contributed by atoms with Crippen molar-refractivity contribution in [3.8, 4) is 5.75 Å². The fourth-order valence-electron chi connectivity index (χ4n) is 7.07. The Balaban J connectivity index is 1.34. The standard InChI is InChI=1S/C24H32O8/c1-24-9-8-14-13-5-3-12(25)10-11(13)2-4-15(14)16(24)6-7-17(24)31-23-20(28)18(26)19(27)21(32-23)22(29)30/h3,5,10,14-21,23,25-28H,2,4,6-9H2,1H3,(H,29,30)/t14-,15-,16+,17-,18+,19+,20-,21+,23-,24+/m1/s1/i3+1,5+1,10+1,12+1. The number of carbonyl (C=O) groups is 1. The summed E-state index contributed by atoms with van der Waals surface area (Å²) >= 11 is 0. The van der Waals surface area contributed by atoms with Crippen LogP contribution in [0.2, 0.25) is 0 Å². The molecule has 3 aliphatic carbocycles. The molecule has 1 saturated heterocycles. The van der Waals surface area contributed by atoms with Crippen LogP contribution in [-0.2, 0) is 20.7 Å². The van der Waals surface area contributed by atoms with Crippen LogP contribution in [0.5, 0.6) is 5.75 Å². The molecule has 2 saturated carbocycles. The number of hydrogen-bond donors (Lipinski definition) is 5. The molecular formula is C24H32O8. The summed E-state index contributed by atoms with van der Waals surface area (Å²) in [5, 5.41) is 49.6. The van der Waals surface area contributed by atoms with E-state index in [1.165, 1.54) is 11.1 Å². The van der Waals surface area contributed by atoms with Gasteiger partial charge in [0, 0.05) is 0 Å². The largest absolute Gasteiger partial charge is 0.508 e. The number of aryl methyl sites for hydroxylation is 1. The van der Waals surface area contributed by atoms with Gasteiger partial charge < -0.3 is 35.0 Å². The zero-order valence-electron chi connectivity index (χ0n) is 18.1. The normalized spacial score (nSPS) is 45.6. The van der Waals surface area contributed by atoms with Crippen molar-refractivity contribution in [1.82, 2.24) is 0 Å². The predicted octanol–water partition coefficient (Wildman–Crippen LogP) is 1.53. The summed E-state index contributed by atoms with van der Waals surface area (Å²) in [6.07, 6.45) is -2.38. The van der Waals surface area contributed by atoms with Gasteiger partial charge in [-0.05, 0) is 85.0 Å². The fraction of sp³-hybridized carbons (Fsp3) is 0.708. The van der Waals surface area contributed by atoms with Crippen molar-refractivity contribution in [2.75, 3.05) is 0 Å². The summed E-state index contributed by atoms with van der Waals surface area (Å²) in [7, 11) is 0. The quantitative estimate of drug-likeness (QED) is 0.466. The van der Waals surface area contributed by atoms with Crippen LogP contribution in [0.15, 0.2) is 18.2 Å². The molecule has 8 heteroatoms. The summed E-state index contributed by atoms with van der Waals surface area (Å²) in [5.74, 6) is 0.312. The molecule has 32 heavy (non-hydrogen) atoms. The Morgan fingerprint density at radius 1 is 1.09 bits per heavy atom. The van der Waals surface area contributed by atoms with Crippen LogP contribution in [0, 0.1) is 17.3 Å². The second-order valence-corrected chi connectivity index (χ2v) is 10.3. The number of fused-ring (bicyclic) bond motifs is 5. The molecule has 176 valence electrons. The zero-order valence-corrected chi connectivity index (χ0v) is 18.1. The Labute approximate surface area is 186 Å². The maximum absolute atomic E-state index is 11.4. The Morgan fingerprint density at radius 3 is 2.62 bits per heavy atom. The van der Waals surface area contributed by atoms with E-state index in [9.17, 15) is 30.3 Å². The molecule has 1 heterocycles. The average molecular weight is 452 g/mol. The number of phenolic OH excluding ortho intramolecular Hbond substituents is 1. The lowest BCUT2D eigenvalue weighted by Crippen LogP contribution is -2.61. The number of aromatic hydroxyl groups is 1. The van der Waals surface area contributed by atoms with Gasteiger partial charge in [-0.2, -0.15) is 0 Å². The highest BCUT2D eigenvalue weighted by Crippen LogP contribution is 2.61. The minimum absolute atomic E-state index is 0.140. The molecule has 4 aliphatic rings. The van der Waals surface area contributed by atoms with Gasteiger partial charge in [0.15, 0.2) is 12.4 Å². The van der Waals surface area contributed by atoms with Gasteiger partial charge in [-0.3, -0.25) is 0 Å². The fourth-order valence-corrected chi connectivity index (χ4v) is 7.07. The molecule has 5 N–H and O–H groups in total. The molecular weight excluding hydrogens is 420 g/mol. The van der Waals surface area contributed by atoms with Crippen molar-refractivity contribution in [1.29, 1.82) is 0 Å². The van der Waals surface area contributed by atoms with Crippen LogP contribution in [0.3, 0.4) is 0 Å². The van der Waals surface area contributed by atoms with Crippen LogP contribution in [0.4, 0.5) is 0 Å². The van der Waals surface area contributed by atoms with Gasteiger partial charge in [0.2, 0.25) is 0 Å². The zero-order chi connectivity index (χ0) is 22.8. The molecule has 5 rings (SSSR count). The summed E-state index contributed by atoms with van der Waals surface area (Å²) in [6.45, 7) is 2.22. The summed E-state index contributed by atoms with van der Waals surface area (Å²) in [6, 6.07) is 5.73. The Hall–Kier alpha value is -1.71. The third-order valence-corrected chi connectivity index (χ3v) is 8.73. The second kappa shape index (κ2) is 7.95. The Kier molecular flexibility index (Phi) is 5.49. The highest BCUT2D eigenvalue weighted by Gasteiger charge is 2.57. The Morgan fingerprint density at radius 2 is 1.88 bits per heavy atom. The van der Waals surface area contributed by atoms with E-state index in [1.807, 2.05) is 6.07 Å². The molecule has 10 atom stereocenters. The van der Waals surface area contributed by atoms with Crippen molar-refractivity contribution in [2.24, 2.45) is 17.3 Å². The van der Waals surface area contributed by atoms with Gasteiger partial charge in [0.1, 0.15) is 24.1 Å². The summed E-state index contributed by atoms with van der Waals surface area (Å²) in [5.41, 5.74) is 2.45. The smallest absolute Gasteiger partial charge is 0.335 e. The first-order valence-corrected chi connectivity index (χ1v) is 11.6. The van der Waals surface area contributed by atoms with E-state index < -0.39 is 36.7 Å². The van der Waals surface area contributed by atoms with Gasteiger partial charge in [0.25, 0.3) is 0 Å². The third-order valence-electron chi connectivity index (χ3n) is 8.73. The molecule has 3 fully saturated rings. The highest BCUT2D eigenvalue weighted by molar-refractivity contribution is 5.73. The number of carboxylic acid groups (broad SMARTS) is 1. The molecule has 0 unspecified atom stereocenters. The van der Waals surface area contributed by atoms with Crippen LogP contribution in [0.25, 0.3) is 0 Å². The minimum atomic E-state index is -1.72. The lowest BCUT2D eigenvalue weighted by Gasteiger charge is -2.51. The number of phenols is 1. The van der Waals surface area contributed by atoms with E-state index in [0.29, 0.717) is 23.5 Å². The number of rotatable bonds is 3. The number of carboxylic acids is 1.